The summed E-state index contributed by atoms with van der Waals surface area (Å²) in [7, 11) is 0. The molecule has 4 atom stereocenters. The molecule has 282 valence electrons. The number of fused-ring (bicyclic) bond motifs is 8. The molecule has 1 aromatic heterocycles. The molecule has 0 unspecified atom stereocenters. The first kappa shape index (κ1) is 39.6. The molecule has 1 fully saturated rings. The van der Waals surface area contributed by atoms with Gasteiger partial charge in [0.05, 0.1) is 28.8 Å². The van der Waals surface area contributed by atoms with Crippen LogP contribution >= 0.6 is 11.6 Å². The second kappa shape index (κ2) is 15.8. The van der Waals surface area contributed by atoms with E-state index in [2.05, 4.69) is 18.3 Å². The zero-order valence-corrected chi connectivity index (χ0v) is 31.3. The largest absolute Gasteiger partial charge is 0.453 e. The van der Waals surface area contributed by atoms with Crippen molar-refractivity contribution >= 4 is 23.4 Å². The van der Waals surface area contributed by atoms with Gasteiger partial charge in [-0.15, -0.1) is 0 Å². The Balaban J connectivity index is 1.59. The van der Waals surface area contributed by atoms with Gasteiger partial charge in [0.15, 0.2) is 5.76 Å². The third-order valence-electron chi connectivity index (χ3n) is 11.0. The van der Waals surface area contributed by atoms with Gasteiger partial charge in [0.25, 0.3) is 0 Å². The molecule has 3 N–H and O–H groups in total. The second-order valence-electron chi connectivity index (χ2n) is 15.2. The monoisotopic (exact) mass is 742 g/mol. The number of hydrogen-bond acceptors (Lipinski definition) is 5. The van der Waals surface area contributed by atoms with Gasteiger partial charge < -0.3 is 24.8 Å². The van der Waals surface area contributed by atoms with Crippen molar-refractivity contribution in [3.05, 3.63) is 93.2 Å². The molecule has 0 radical (unpaired) electrons. The molecule has 2 bridgehead atoms. The Kier molecular flexibility index (Phi) is 12.0. The number of aliphatic hydroxyl groups is 2. The van der Waals surface area contributed by atoms with E-state index in [1.54, 1.807) is 11.0 Å². The maximum atomic E-state index is 14.5. The maximum Gasteiger partial charge on any atom is 0.416 e. The molecule has 11 heteroatoms. The highest BCUT2D eigenvalue weighted by molar-refractivity contribution is 6.33. The molecule has 52 heavy (non-hydrogen) atoms. The van der Waals surface area contributed by atoms with Gasteiger partial charge in [0, 0.05) is 29.1 Å². The lowest BCUT2D eigenvalue weighted by atomic mass is 9.64. The van der Waals surface area contributed by atoms with Crippen LogP contribution in [0.25, 0.3) is 11.3 Å². The van der Waals surface area contributed by atoms with Crippen LogP contribution in [0.2, 0.25) is 5.02 Å². The highest BCUT2D eigenvalue weighted by Gasteiger charge is 2.57. The van der Waals surface area contributed by atoms with E-state index in [4.69, 9.17) is 16.0 Å². The number of alkyl halides is 3. The number of rotatable bonds is 8. The van der Waals surface area contributed by atoms with Crippen molar-refractivity contribution in [1.29, 1.82) is 0 Å². The number of ketones is 1. The predicted octanol–water partition coefficient (Wildman–Crippen LogP) is 9.72. The number of benzene rings is 2. The molecule has 2 amide bonds. The first-order valence-electron chi connectivity index (χ1n) is 18.2. The highest BCUT2D eigenvalue weighted by Crippen LogP contribution is 2.59. The minimum Gasteiger partial charge on any atom is -0.453 e. The van der Waals surface area contributed by atoms with E-state index in [-0.39, 0.29) is 46.6 Å². The minimum atomic E-state index is -4.60. The number of hydrogen-bond donors (Lipinski definition) is 3. The minimum absolute atomic E-state index is 0.0111. The van der Waals surface area contributed by atoms with Crippen LogP contribution in [-0.4, -0.2) is 57.8 Å². The fourth-order valence-electron chi connectivity index (χ4n) is 8.00. The van der Waals surface area contributed by atoms with Crippen LogP contribution in [0, 0.1) is 5.41 Å². The zero-order chi connectivity index (χ0) is 38.0. The molecule has 3 aromatic rings. The quantitative estimate of drug-likeness (QED) is 0.158. The molecule has 0 saturated heterocycles. The summed E-state index contributed by atoms with van der Waals surface area (Å²) in [5, 5.41) is 26.7. The molecular formula is C41H50ClF3N2O5. The summed E-state index contributed by atoms with van der Waals surface area (Å²) < 4.78 is 46.6. The number of furan rings is 1. The van der Waals surface area contributed by atoms with Crippen molar-refractivity contribution in [3.63, 3.8) is 0 Å². The van der Waals surface area contributed by atoms with Gasteiger partial charge in [-0.05, 0) is 126 Å². The topological polar surface area (TPSA) is 103 Å². The SMILES string of the molecule is CCCN(C[C@]1(O)CC[C@H]2c3ccc(cc3C(=O)c3ccc(-c4cc(C(F)(F)F)ccc4Cl)o3)C[C@@H](O)CCC(C)=CCC[C@@]21C)C(=O)NC(C)C. The van der Waals surface area contributed by atoms with Crippen LogP contribution in [-0.2, 0) is 12.6 Å². The van der Waals surface area contributed by atoms with Crippen LogP contribution < -0.4 is 5.32 Å². The number of carbonyl (C=O) groups is 2. The Hall–Kier alpha value is -3.60. The third kappa shape index (κ3) is 8.45. The zero-order valence-electron chi connectivity index (χ0n) is 30.6. The number of carbonyl (C=O) groups excluding carboxylic acids is 2. The first-order chi connectivity index (χ1) is 24.5. The van der Waals surface area contributed by atoms with Crippen LogP contribution in [0.3, 0.4) is 0 Å². The summed E-state index contributed by atoms with van der Waals surface area (Å²) in [5.74, 6) is -0.814. The van der Waals surface area contributed by atoms with Crippen LogP contribution in [0.5, 0.6) is 0 Å². The molecule has 0 aliphatic heterocycles. The number of nitrogens with one attached hydrogen (secondary N) is 1. The Bertz CT molecular complexity index is 1800. The molecule has 2 aromatic carbocycles. The number of nitrogens with zero attached hydrogens (tertiary/aromatic N) is 1. The summed E-state index contributed by atoms with van der Waals surface area (Å²) in [5.41, 5.74) is 0.0194. The summed E-state index contributed by atoms with van der Waals surface area (Å²) in [4.78, 5) is 29.5. The van der Waals surface area contributed by atoms with Crippen molar-refractivity contribution < 1.29 is 37.4 Å². The van der Waals surface area contributed by atoms with Crippen LogP contribution in [0.4, 0.5) is 18.0 Å². The fraction of sp³-hybridized carbons (Fsp3) is 0.512. The lowest BCUT2D eigenvalue weighted by Crippen LogP contribution is -2.56. The summed E-state index contributed by atoms with van der Waals surface area (Å²) in [6.07, 6.45) is 1.38. The Morgan fingerprint density at radius 2 is 1.85 bits per heavy atom. The van der Waals surface area contributed by atoms with Crippen molar-refractivity contribution in [2.45, 2.75) is 116 Å². The van der Waals surface area contributed by atoms with Crippen molar-refractivity contribution in [3.8, 4) is 11.3 Å². The lowest BCUT2D eigenvalue weighted by molar-refractivity contribution is -0.137. The van der Waals surface area contributed by atoms with E-state index >= 15 is 0 Å². The van der Waals surface area contributed by atoms with Gasteiger partial charge in [0.1, 0.15) is 5.76 Å². The fourth-order valence-corrected chi connectivity index (χ4v) is 8.21. The number of urea groups is 1. The van der Waals surface area contributed by atoms with Crippen LogP contribution in [0.15, 0.2) is 64.6 Å². The third-order valence-corrected chi connectivity index (χ3v) is 11.3. The number of halogens is 4. The first-order valence-corrected chi connectivity index (χ1v) is 18.6. The molecule has 3 aliphatic carbocycles. The van der Waals surface area contributed by atoms with Gasteiger partial charge in [0.2, 0.25) is 5.78 Å². The van der Waals surface area contributed by atoms with Gasteiger partial charge >= 0.3 is 12.2 Å². The molecular weight excluding hydrogens is 693 g/mol. The predicted molar refractivity (Wildman–Crippen MR) is 197 cm³/mol. The van der Waals surface area contributed by atoms with E-state index in [0.717, 1.165) is 29.3 Å². The van der Waals surface area contributed by atoms with E-state index in [0.29, 0.717) is 69.0 Å². The van der Waals surface area contributed by atoms with Crippen molar-refractivity contribution in [2.24, 2.45) is 5.41 Å². The second-order valence-corrected chi connectivity index (χ2v) is 15.6. The summed E-state index contributed by atoms with van der Waals surface area (Å²) >= 11 is 6.30. The van der Waals surface area contributed by atoms with E-state index < -0.39 is 34.6 Å². The van der Waals surface area contributed by atoms with Gasteiger partial charge in [-0.1, -0.05) is 49.2 Å². The maximum absolute atomic E-state index is 14.5. The van der Waals surface area contributed by atoms with Crippen molar-refractivity contribution in [1.82, 2.24) is 10.2 Å². The normalized spacial score (nSPS) is 24.0. The molecule has 1 heterocycles. The number of allylic oxidation sites excluding steroid dienone is 2. The average Bonchev–Trinajstić information content (AvgIpc) is 3.65. The van der Waals surface area contributed by atoms with Crippen LogP contribution in [0.1, 0.15) is 118 Å². The van der Waals surface area contributed by atoms with Crippen molar-refractivity contribution in [2.75, 3.05) is 13.1 Å². The standard InChI is InChI=1S/C41H50ClF3N2O5/c1-6-20-47(38(50)46-25(2)3)24-40(51)19-17-33-30-13-10-27(21-29(48)12-9-26(4)8-7-18-39(33,40)5)22-31(30)37(49)36-16-15-35(52-36)32-23-28(41(43,44)45)11-14-34(32)42/h8,10-11,13-16,22-23,25,29,33,48,51H,6-7,9,12,17-21,24H2,1-5H3,(H,46,50)/t29-,33-,39-,40+/m0/s1. The van der Waals surface area contributed by atoms with Gasteiger partial charge in [-0.25, -0.2) is 4.79 Å². The van der Waals surface area contributed by atoms with E-state index in [1.807, 2.05) is 39.8 Å². The van der Waals surface area contributed by atoms with E-state index in [1.165, 1.54) is 12.1 Å². The molecule has 6 rings (SSSR count). The number of amides is 2. The Morgan fingerprint density at radius 1 is 1.10 bits per heavy atom. The highest BCUT2D eigenvalue weighted by atomic mass is 35.5. The number of aliphatic hydroxyl groups excluding tert-OH is 1. The Morgan fingerprint density at radius 3 is 2.54 bits per heavy atom. The summed E-state index contributed by atoms with van der Waals surface area (Å²) in [6, 6.07) is 11.1. The molecule has 3 aliphatic rings. The molecule has 7 nitrogen and oxygen atoms in total. The smallest absolute Gasteiger partial charge is 0.416 e. The molecule has 0 spiro atoms. The van der Waals surface area contributed by atoms with Gasteiger partial charge in [-0.3, -0.25) is 4.79 Å². The average molecular weight is 743 g/mol. The van der Waals surface area contributed by atoms with Gasteiger partial charge in [-0.2, -0.15) is 13.2 Å². The lowest BCUT2D eigenvalue weighted by Gasteiger charge is -2.46. The Labute approximate surface area is 309 Å². The summed E-state index contributed by atoms with van der Waals surface area (Å²) in [6.45, 7) is 10.5. The van der Waals surface area contributed by atoms with E-state index in [9.17, 15) is 33.0 Å². The molecule has 1 saturated carbocycles.